The van der Waals surface area contributed by atoms with E-state index in [1.54, 1.807) is 6.07 Å². The number of alkyl halides is 2. The Balaban J connectivity index is 2.51. The van der Waals surface area contributed by atoms with Crippen molar-refractivity contribution in [3.05, 3.63) is 29.6 Å². The lowest BCUT2D eigenvalue weighted by atomic mass is 10.2. The molecule has 0 bridgehead atoms. The molecule has 15 heavy (non-hydrogen) atoms. The highest BCUT2D eigenvalue weighted by atomic mass is 19.3. The van der Waals surface area contributed by atoms with E-state index in [2.05, 4.69) is 6.58 Å². The Kier molecular flexibility index (Phi) is 2.63. The third kappa shape index (κ3) is 1.71. The van der Waals surface area contributed by atoms with Crippen molar-refractivity contribution in [2.24, 2.45) is 0 Å². The van der Waals surface area contributed by atoms with E-state index in [-0.39, 0.29) is 5.56 Å². The lowest BCUT2D eigenvalue weighted by Crippen LogP contribution is -2.01. The zero-order chi connectivity index (χ0) is 11.0. The third-order valence-corrected chi connectivity index (χ3v) is 2.94. The van der Waals surface area contributed by atoms with Crippen molar-refractivity contribution in [1.29, 1.82) is 0 Å². The lowest BCUT2D eigenvalue weighted by Gasteiger charge is -2.08. The molecule has 3 heteroatoms. The average molecular weight is 211 g/mol. The van der Waals surface area contributed by atoms with E-state index in [4.69, 9.17) is 0 Å². The predicted molar refractivity (Wildman–Crippen MR) is 57.1 cm³/mol. The third-order valence-electron chi connectivity index (χ3n) is 2.94. The molecular formula is C12H15F2N. The van der Waals surface area contributed by atoms with Gasteiger partial charge in [-0.15, -0.1) is 0 Å². The minimum Gasteiger partial charge on any atom is -0.345 e. The van der Waals surface area contributed by atoms with Crippen LogP contribution in [0.4, 0.5) is 8.78 Å². The smallest absolute Gasteiger partial charge is 0.265 e. The maximum absolute atomic E-state index is 12.8. The molecule has 0 aromatic carbocycles. The lowest BCUT2D eigenvalue weighted by molar-refractivity contribution is 0.151. The molecule has 0 aliphatic heterocycles. The van der Waals surface area contributed by atoms with Gasteiger partial charge in [-0.3, -0.25) is 0 Å². The molecule has 0 atom stereocenters. The molecule has 1 heterocycles. The van der Waals surface area contributed by atoms with Crippen LogP contribution in [0.1, 0.15) is 49.1 Å². The summed E-state index contributed by atoms with van der Waals surface area (Å²) < 4.78 is 27.5. The first-order valence-corrected chi connectivity index (χ1v) is 5.33. The van der Waals surface area contributed by atoms with Crippen LogP contribution in [0.5, 0.6) is 0 Å². The molecule has 1 aliphatic rings. The Bertz CT molecular complexity index is 375. The maximum atomic E-state index is 12.8. The molecule has 0 N–H and O–H groups in total. The second-order valence-corrected chi connectivity index (χ2v) is 3.93. The molecule has 82 valence electrons. The number of halogens is 2. The van der Waals surface area contributed by atoms with E-state index in [0.29, 0.717) is 11.6 Å². The second kappa shape index (κ2) is 3.80. The van der Waals surface area contributed by atoms with Gasteiger partial charge in [-0.2, -0.15) is 0 Å². The summed E-state index contributed by atoms with van der Waals surface area (Å²) in [5.41, 5.74) is 1.78. The molecule has 2 rings (SSSR count). The van der Waals surface area contributed by atoms with Gasteiger partial charge in [-0.1, -0.05) is 6.58 Å². The summed E-state index contributed by atoms with van der Waals surface area (Å²) in [4.78, 5) is 0. The molecule has 1 aliphatic carbocycles. The van der Waals surface area contributed by atoms with Crippen molar-refractivity contribution in [3.63, 3.8) is 0 Å². The summed E-state index contributed by atoms with van der Waals surface area (Å²) in [7, 11) is 0. The SMILES string of the molecule is C=Cc1c(C(F)F)cc(C2CC2)n1CC. The molecule has 1 aromatic heterocycles. The summed E-state index contributed by atoms with van der Waals surface area (Å²) in [6, 6.07) is 1.66. The van der Waals surface area contributed by atoms with Gasteiger partial charge in [0.15, 0.2) is 0 Å². The van der Waals surface area contributed by atoms with Gasteiger partial charge in [0.1, 0.15) is 0 Å². The van der Waals surface area contributed by atoms with E-state index in [1.165, 1.54) is 6.08 Å². The van der Waals surface area contributed by atoms with E-state index in [1.807, 2.05) is 11.5 Å². The highest BCUT2D eigenvalue weighted by molar-refractivity contribution is 5.51. The van der Waals surface area contributed by atoms with E-state index in [9.17, 15) is 8.78 Å². The minimum atomic E-state index is -2.40. The summed E-state index contributed by atoms with van der Waals surface area (Å²) >= 11 is 0. The van der Waals surface area contributed by atoms with E-state index >= 15 is 0 Å². The fourth-order valence-electron chi connectivity index (χ4n) is 2.08. The number of hydrogen-bond donors (Lipinski definition) is 0. The van der Waals surface area contributed by atoms with Crippen LogP contribution in [-0.4, -0.2) is 4.57 Å². The highest BCUT2D eigenvalue weighted by Gasteiger charge is 2.30. The van der Waals surface area contributed by atoms with Crippen LogP contribution in [-0.2, 0) is 6.54 Å². The van der Waals surface area contributed by atoms with Gasteiger partial charge < -0.3 is 4.57 Å². The first kappa shape index (κ1) is 10.4. The fourth-order valence-corrected chi connectivity index (χ4v) is 2.08. The van der Waals surface area contributed by atoms with Crippen molar-refractivity contribution in [1.82, 2.24) is 4.57 Å². The quantitative estimate of drug-likeness (QED) is 0.710. The van der Waals surface area contributed by atoms with Crippen LogP contribution in [0.25, 0.3) is 6.08 Å². The second-order valence-electron chi connectivity index (χ2n) is 3.93. The van der Waals surface area contributed by atoms with Gasteiger partial charge in [0.2, 0.25) is 0 Å². The molecule has 0 spiro atoms. The number of hydrogen-bond acceptors (Lipinski definition) is 0. The van der Waals surface area contributed by atoms with E-state index in [0.717, 1.165) is 25.1 Å². The number of nitrogens with zero attached hydrogens (tertiary/aromatic N) is 1. The molecule has 1 aromatic rings. The van der Waals surface area contributed by atoms with Crippen LogP contribution in [0.2, 0.25) is 0 Å². The molecule has 1 fully saturated rings. The normalized spacial score (nSPS) is 16.0. The van der Waals surface area contributed by atoms with Crippen LogP contribution in [0.3, 0.4) is 0 Å². The zero-order valence-corrected chi connectivity index (χ0v) is 8.84. The largest absolute Gasteiger partial charge is 0.345 e. The van der Waals surface area contributed by atoms with Gasteiger partial charge in [0, 0.05) is 23.5 Å². The Morgan fingerprint density at radius 2 is 2.27 bits per heavy atom. The Labute approximate surface area is 88.4 Å². The van der Waals surface area contributed by atoms with Crippen LogP contribution < -0.4 is 0 Å². The van der Waals surface area contributed by atoms with Crippen LogP contribution in [0, 0.1) is 0 Å². The topological polar surface area (TPSA) is 4.93 Å². The van der Waals surface area contributed by atoms with Crippen LogP contribution in [0.15, 0.2) is 12.6 Å². The zero-order valence-electron chi connectivity index (χ0n) is 8.84. The highest BCUT2D eigenvalue weighted by Crippen LogP contribution is 2.43. The summed E-state index contributed by atoms with van der Waals surface area (Å²) in [5, 5.41) is 0. The predicted octanol–water partition coefficient (Wildman–Crippen LogP) is 3.97. The minimum absolute atomic E-state index is 0.133. The van der Waals surface area contributed by atoms with Crippen molar-refractivity contribution >= 4 is 6.08 Å². The molecule has 1 saturated carbocycles. The van der Waals surface area contributed by atoms with E-state index < -0.39 is 6.43 Å². The molecule has 0 amide bonds. The maximum Gasteiger partial charge on any atom is 0.265 e. The fraction of sp³-hybridized carbons (Fsp3) is 0.500. The first-order chi connectivity index (χ1) is 7.19. The summed E-state index contributed by atoms with van der Waals surface area (Å²) in [6.07, 6.45) is 1.40. The summed E-state index contributed by atoms with van der Waals surface area (Å²) in [5.74, 6) is 0.496. The van der Waals surface area contributed by atoms with Crippen molar-refractivity contribution < 1.29 is 8.78 Å². The van der Waals surface area contributed by atoms with Gasteiger partial charge in [0.05, 0.1) is 0 Å². The average Bonchev–Trinajstić information content (AvgIpc) is 2.97. The molecule has 1 nitrogen and oxygen atoms in total. The first-order valence-electron chi connectivity index (χ1n) is 5.33. The van der Waals surface area contributed by atoms with Gasteiger partial charge in [-0.05, 0) is 37.8 Å². The van der Waals surface area contributed by atoms with Gasteiger partial charge in [-0.25, -0.2) is 8.78 Å². The Hall–Kier alpha value is -1.12. The van der Waals surface area contributed by atoms with Crippen molar-refractivity contribution in [3.8, 4) is 0 Å². The Morgan fingerprint density at radius 3 is 2.67 bits per heavy atom. The standard InChI is InChI=1S/C12H15F2N/c1-3-10-9(12(13)14)7-11(8-5-6-8)15(10)4-2/h3,7-8,12H,1,4-6H2,2H3. The monoisotopic (exact) mass is 211 g/mol. The van der Waals surface area contributed by atoms with Gasteiger partial charge >= 0.3 is 0 Å². The molecule has 0 radical (unpaired) electrons. The summed E-state index contributed by atoms with van der Waals surface area (Å²) in [6.45, 7) is 6.34. The molecular weight excluding hydrogens is 196 g/mol. The number of rotatable bonds is 4. The Morgan fingerprint density at radius 1 is 1.60 bits per heavy atom. The number of aromatic nitrogens is 1. The molecule has 0 saturated heterocycles. The van der Waals surface area contributed by atoms with Crippen LogP contribution >= 0.6 is 0 Å². The van der Waals surface area contributed by atoms with Gasteiger partial charge in [0.25, 0.3) is 6.43 Å². The molecule has 0 unspecified atom stereocenters. The van der Waals surface area contributed by atoms with Crippen molar-refractivity contribution in [2.45, 2.75) is 38.7 Å². The van der Waals surface area contributed by atoms with Crippen molar-refractivity contribution in [2.75, 3.05) is 0 Å².